The molecule has 1 saturated heterocycles. The average Bonchev–Trinajstić information content (AvgIpc) is 3.07. The van der Waals surface area contributed by atoms with Crippen LogP contribution in [0.3, 0.4) is 0 Å². The number of urea groups is 1. The topological polar surface area (TPSA) is 127 Å². The lowest BCUT2D eigenvalue weighted by atomic mass is 9.95. The van der Waals surface area contributed by atoms with Crippen molar-refractivity contribution in [1.29, 1.82) is 0 Å². The van der Waals surface area contributed by atoms with Crippen LogP contribution in [-0.4, -0.2) is 62.5 Å². The van der Waals surface area contributed by atoms with Crippen molar-refractivity contribution in [3.63, 3.8) is 0 Å². The van der Waals surface area contributed by atoms with E-state index in [1.807, 2.05) is 24.3 Å². The van der Waals surface area contributed by atoms with E-state index in [9.17, 15) is 29.4 Å². The molecular formula is C26H29N3O6. The molecule has 0 spiro atoms. The van der Waals surface area contributed by atoms with Crippen molar-refractivity contribution in [1.82, 2.24) is 15.1 Å². The van der Waals surface area contributed by atoms with Crippen molar-refractivity contribution in [2.24, 2.45) is 0 Å². The zero-order valence-corrected chi connectivity index (χ0v) is 19.4. The minimum atomic E-state index is -1.13. The summed E-state index contributed by atoms with van der Waals surface area (Å²) < 4.78 is 0. The van der Waals surface area contributed by atoms with Gasteiger partial charge in [0, 0.05) is 32.4 Å². The first kappa shape index (κ1) is 24.3. The fourth-order valence-corrected chi connectivity index (χ4v) is 4.65. The quantitative estimate of drug-likeness (QED) is 0.355. The third kappa shape index (κ3) is 5.62. The number of carbonyl (C=O) groups excluding carboxylic acids is 3. The minimum absolute atomic E-state index is 0.0861. The molecule has 2 heterocycles. The van der Waals surface area contributed by atoms with E-state index in [1.165, 1.54) is 17.0 Å². The van der Waals surface area contributed by atoms with Crippen molar-refractivity contribution in [2.45, 2.75) is 57.2 Å². The number of fused-ring (bicyclic) bond motifs is 2. The predicted molar refractivity (Wildman–Crippen MR) is 126 cm³/mol. The second-order valence-electron chi connectivity index (χ2n) is 9.03. The molecule has 4 rings (SSSR count). The van der Waals surface area contributed by atoms with E-state index in [2.05, 4.69) is 5.32 Å². The number of phenolic OH excluding ortho intramolecular Hbond substituents is 1. The van der Waals surface area contributed by atoms with Gasteiger partial charge >= 0.3 is 12.0 Å². The van der Waals surface area contributed by atoms with E-state index in [0.717, 1.165) is 11.1 Å². The number of benzene rings is 2. The molecule has 2 atom stereocenters. The molecule has 35 heavy (non-hydrogen) atoms. The number of carboxylic acid groups (broad SMARTS) is 1. The van der Waals surface area contributed by atoms with Crippen LogP contribution in [-0.2, 0) is 33.8 Å². The van der Waals surface area contributed by atoms with Crippen LogP contribution < -0.4 is 5.32 Å². The SMILES string of the molecule is O=C(CCCCCN1C(=O)[C@H]2Cc3ccccc3CN2C1=O)N[C@@H](Cc1ccc(O)cc1)C(=O)O. The number of nitrogens with zero attached hydrogens (tertiary/aromatic N) is 2. The van der Waals surface area contributed by atoms with Crippen molar-refractivity contribution in [2.75, 3.05) is 6.54 Å². The Balaban J connectivity index is 1.20. The monoisotopic (exact) mass is 479 g/mol. The van der Waals surface area contributed by atoms with Gasteiger partial charge in [0.05, 0.1) is 0 Å². The highest BCUT2D eigenvalue weighted by atomic mass is 16.4. The Bertz CT molecular complexity index is 1070. The summed E-state index contributed by atoms with van der Waals surface area (Å²) >= 11 is 0. The average molecular weight is 480 g/mol. The van der Waals surface area contributed by atoms with Gasteiger partial charge in [-0.2, -0.15) is 0 Å². The maximum atomic E-state index is 12.8. The number of unbranched alkanes of at least 4 members (excludes halogenated alkanes) is 2. The zero-order chi connectivity index (χ0) is 24.9. The zero-order valence-electron chi connectivity index (χ0n) is 19.4. The van der Waals surface area contributed by atoms with Gasteiger partial charge in [0.2, 0.25) is 5.91 Å². The van der Waals surface area contributed by atoms with Gasteiger partial charge in [-0.1, -0.05) is 42.8 Å². The van der Waals surface area contributed by atoms with Crippen LogP contribution in [0.15, 0.2) is 48.5 Å². The van der Waals surface area contributed by atoms with E-state index in [1.54, 1.807) is 17.0 Å². The summed E-state index contributed by atoms with van der Waals surface area (Å²) in [4.78, 5) is 52.3. The molecule has 0 saturated carbocycles. The summed E-state index contributed by atoms with van der Waals surface area (Å²) in [6.07, 6.45) is 2.53. The lowest BCUT2D eigenvalue weighted by molar-refractivity contribution is -0.141. The number of rotatable bonds is 10. The molecule has 0 aliphatic carbocycles. The van der Waals surface area contributed by atoms with Gasteiger partial charge in [-0.15, -0.1) is 0 Å². The fraction of sp³-hybridized carbons (Fsp3) is 0.385. The summed E-state index contributed by atoms with van der Waals surface area (Å²) in [7, 11) is 0. The molecule has 2 aliphatic rings. The smallest absolute Gasteiger partial charge is 0.327 e. The van der Waals surface area contributed by atoms with Crippen LogP contribution in [0.5, 0.6) is 5.75 Å². The van der Waals surface area contributed by atoms with Crippen LogP contribution in [0, 0.1) is 0 Å². The Morgan fingerprint density at radius 2 is 1.71 bits per heavy atom. The molecule has 9 heteroatoms. The summed E-state index contributed by atoms with van der Waals surface area (Å²) in [5, 5.41) is 21.3. The van der Waals surface area contributed by atoms with Gasteiger partial charge in [-0.25, -0.2) is 9.59 Å². The Morgan fingerprint density at radius 3 is 2.43 bits per heavy atom. The van der Waals surface area contributed by atoms with Gasteiger partial charge in [0.25, 0.3) is 5.91 Å². The van der Waals surface area contributed by atoms with Crippen molar-refractivity contribution in [3.05, 3.63) is 65.2 Å². The summed E-state index contributed by atoms with van der Waals surface area (Å²) in [6, 6.07) is 12.3. The lowest BCUT2D eigenvalue weighted by Crippen LogP contribution is -2.42. The molecule has 4 amide bonds. The van der Waals surface area contributed by atoms with E-state index in [0.29, 0.717) is 44.3 Å². The van der Waals surface area contributed by atoms with Crippen LogP contribution in [0.1, 0.15) is 42.4 Å². The predicted octanol–water partition coefficient (Wildman–Crippen LogP) is 2.45. The van der Waals surface area contributed by atoms with Crippen molar-refractivity contribution in [3.8, 4) is 5.75 Å². The Labute approximate surface area is 203 Å². The lowest BCUT2D eigenvalue weighted by Gasteiger charge is -2.28. The maximum Gasteiger partial charge on any atom is 0.327 e. The highest BCUT2D eigenvalue weighted by molar-refractivity contribution is 6.04. The molecule has 0 unspecified atom stereocenters. The van der Waals surface area contributed by atoms with Crippen molar-refractivity contribution >= 4 is 23.8 Å². The standard InChI is InChI=1S/C26H29N3O6/c30-20-11-9-17(10-12-20)14-21(25(33)34)27-23(31)8-2-1-5-13-28-24(32)22-15-18-6-3-4-7-19(18)16-29(22)26(28)35/h3-4,6-7,9-12,21-22,30H,1-2,5,8,13-16H2,(H,27,31)(H,33,34)/t21-,22+/m0/s1. The number of carboxylic acids is 1. The number of phenols is 1. The number of carbonyl (C=O) groups is 4. The van der Waals surface area contributed by atoms with E-state index >= 15 is 0 Å². The van der Waals surface area contributed by atoms with Crippen LogP contribution in [0.25, 0.3) is 0 Å². The molecule has 1 fully saturated rings. The van der Waals surface area contributed by atoms with Crippen LogP contribution in [0.4, 0.5) is 4.79 Å². The molecule has 3 N–H and O–H groups in total. The van der Waals surface area contributed by atoms with Crippen molar-refractivity contribution < 1.29 is 29.4 Å². The molecule has 0 radical (unpaired) electrons. The summed E-state index contributed by atoms with van der Waals surface area (Å²) in [5.74, 6) is -1.57. The van der Waals surface area contributed by atoms with E-state index < -0.39 is 18.1 Å². The maximum absolute atomic E-state index is 12.8. The first-order valence-electron chi connectivity index (χ1n) is 11.8. The Morgan fingerprint density at radius 1 is 1.00 bits per heavy atom. The van der Waals surface area contributed by atoms with Gasteiger partial charge in [-0.3, -0.25) is 14.5 Å². The summed E-state index contributed by atoms with van der Waals surface area (Å²) in [5.41, 5.74) is 2.87. The highest BCUT2D eigenvalue weighted by Gasteiger charge is 2.46. The number of amides is 4. The Hall–Kier alpha value is -3.88. The number of imide groups is 1. The normalized spacial score (nSPS) is 17.7. The molecule has 9 nitrogen and oxygen atoms in total. The summed E-state index contributed by atoms with van der Waals surface area (Å²) in [6.45, 7) is 0.748. The number of aliphatic carboxylic acids is 1. The first-order valence-corrected chi connectivity index (χ1v) is 11.8. The second kappa shape index (κ2) is 10.6. The molecule has 0 aromatic heterocycles. The van der Waals surface area contributed by atoms with Gasteiger partial charge in [-0.05, 0) is 41.7 Å². The molecule has 0 bridgehead atoms. The molecule has 184 valence electrons. The molecular weight excluding hydrogens is 450 g/mol. The van der Waals surface area contributed by atoms with Gasteiger partial charge < -0.3 is 20.4 Å². The fourth-order valence-electron chi connectivity index (χ4n) is 4.65. The number of hydrogen-bond donors (Lipinski definition) is 3. The van der Waals surface area contributed by atoms with Crippen LogP contribution >= 0.6 is 0 Å². The number of nitrogens with one attached hydrogen (secondary N) is 1. The highest BCUT2D eigenvalue weighted by Crippen LogP contribution is 2.30. The third-order valence-electron chi connectivity index (χ3n) is 6.57. The van der Waals surface area contributed by atoms with Gasteiger partial charge in [0.1, 0.15) is 17.8 Å². The van der Waals surface area contributed by atoms with E-state index in [4.69, 9.17) is 0 Å². The minimum Gasteiger partial charge on any atom is -0.508 e. The molecule has 2 aromatic carbocycles. The van der Waals surface area contributed by atoms with E-state index in [-0.39, 0.29) is 36.4 Å². The molecule has 2 aliphatic heterocycles. The molecule has 2 aromatic rings. The number of hydrogen-bond acceptors (Lipinski definition) is 5. The van der Waals surface area contributed by atoms with Gasteiger partial charge in [0.15, 0.2) is 0 Å². The van der Waals surface area contributed by atoms with Crippen LogP contribution in [0.2, 0.25) is 0 Å². The number of aromatic hydroxyl groups is 1. The Kier molecular flexibility index (Phi) is 7.33. The largest absolute Gasteiger partial charge is 0.508 e. The third-order valence-corrected chi connectivity index (χ3v) is 6.57. The second-order valence-corrected chi connectivity index (χ2v) is 9.03. The first-order chi connectivity index (χ1) is 16.8.